The quantitative estimate of drug-likeness (QED) is 0.457. The molecule has 0 spiro atoms. The van der Waals surface area contributed by atoms with Gasteiger partial charge in [0.05, 0.1) is 24.4 Å². The molecule has 0 bridgehead atoms. The van der Waals surface area contributed by atoms with Gasteiger partial charge in [0.2, 0.25) is 0 Å². The Balaban J connectivity index is 1.31. The number of phenolic OH excluding ortho intramolecular Hbond substituents is 1. The number of ether oxygens (including phenoxy) is 1. The number of hydrogen-bond donors (Lipinski definition) is 2. The van der Waals surface area contributed by atoms with E-state index in [1.807, 2.05) is 24.4 Å². The third-order valence-corrected chi connectivity index (χ3v) is 7.09. The lowest BCUT2D eigenvalue weighted by atomic mass is 9.90. The van der Waals surface area contributed by atoms with E-state index >= 15 is 0 Å². The average molecular weight is 471 g/mol. The first-order valence-electron chi connectivity index (χ1n) is 12.4. The van der Waals surface area contributed by atoms with Crippen molar-refractivity contribution >= 4 is 16.9 Å². The summed E-state index contributed by atoms with van der Waals surface area (Å²) >= 11 is 0. The highest BCUT2D eigenvalue weighted by molar-refractivity contribution is 5.91. The van der Waals surface area contributed by atoms with Crippen molar-refractivity contribution in [1.82, 2.24) is 24.8 Å². The topological polar surface area (TPSA) is 90.4 Å². The number of aromatic nitrogens is 4. The largest absolute Gasteiger partial charge is 0.508 e. The van der Waals surface area contributed by atoms with Crippen molar-refractivity contribution in [3.8, 4) is 17.1 Å². The molecular formula is C27H30N6O2. The molecule has 0 atom stereocenters. The zero-order valence-electron chi connectivity index (χ0n) is 19.7. The van der Waals surface area contributed by atoms with Crippen LogP contribution in [0, 0.1) is 0 Å². The van der Waals surface area contributed by atoms with Gasteiger partial charge < -0.3 is 19.7 Å². The molecule has 0 amide bonds. The summed E-state index contributed by atoms with van der Waals surface area (Å²) in [5.41, 5.74) is 5.18. The number of rotatable bonds is 5. The number of nitrogens with zero attached hydrogens (tertiary/aromatic N) is 5. The molecule has 8 heteroatoms. The molecule has 8 nitrogen and oxygen atoms in total. The van der Waals surface area contributed by atoms with Crippen molar-refractivity contribution in [2.75, 3.05) is 44.3 Å². The highest BCUT2D eigenvalue weighted by Crippen LogP contribution is 2.37. The summed E-state index contributed by atoms with van der Waals surface area (Å²) < 4.78 is 5.58. The molecule has 3 aromatic heterocycles. The molecule has 2 saturated heterocycles. The number of pyridine rings is 1. The number of fused-ring (bicyclic) bond motifs is 1. The van der Waals surface area contributed by atoms with Gasteiger partial charge in [0, 0.05) is 37.6 Å². The van der Waals surface area contributed by atoms with Gasteiger partial charge in [0.25, 0.3) is 0 Å². The molecule has 35 heavy (non-hydrogen) atoms. The van der Waals surface area contributed by atoms with E-state index in [-0.39, 0.29) is 5.75 Å². The monoisotopic (exact) mass is 470 g/mol. The predicted molar refractivity (Wildman–Crippen MR) is 136 cm³/mol. The first-order chi connectivity index (χ1) is 17.2. The SMILES string of the molecule is Oc1cccc(-c2nc(N3CCOCC3)c3[nH]cc(C4CCN(Cc5ccccn5)CC4)c3n2)c1. The van der Waals surface area contributed by atoms with E-state index in [2.05, 4.69) is 38.1 Å². The molecule has 0 aliphatic carbocycles. The molecule has 0 saturated carbocycles. The molecule has 1 aromatic carbocycles. The Kier molecular flexibility index (Phi) is 6.06. The highest BCUT2D eigenvalue weighted by atomic mass is 16.5. The van der Waals surface area contributed by atoms with Gasteiger partial charge in [0.1, 0.15) is 11.3 Å². The smallest absolute Gasteiger partial charge is 0.162 e. The van der Waals surface area contributed by atoms with Crippen molar-refractivity contribution in [1.29, 1.82) is 0 Å². The Morgan fingerprint density at radius 2 is 1.86 bits per heavy atom. The summed E-state index contributed by atoms with van der Waals surface area (Å²) in [4.78, 5) is 22.7. The summed E-state index contributed by atoms with van der Waals surface area (Å²) in [6.45, 7) is 5.94. The molecular weight excluding hydrogens is 440 g/mol. The molecule has 0 radical (unpaired) electrons. The van der Waals surface area contributed by atoms with Gasteiger partial charge in [-0.05, 0) is 61.7 Å². The summed E-state index contributed by atoms with van der Waals surface area (Å²) in [7, 11) is 0. The fourth-order valence-corrected chi connectivity index (χ4v) is 5.22. The van der Waals surface area contributed by atoms with Crippen LogP contribution in [-0.4, -0.2) is 69.3 Å². The van der Waals surface area contributed by atoms with Gasteiger partial charge in [-0.1, -0.05) is 18.2 Å². The van der Waals surface area contributed by atoms with Crippen molar-refractivity contribution in [3.05, 3.63) is 66.1 Å². The lowest BCUT2D eigenvalue weighted by Gasteiger charge is -2.31. The Labute approximate surface area is 204 Å². The number of H-pyrrole nitrogens is 1. The van der Waals surface area contributed by atoms with Crippen LogP contribution >= 0.6 is 0 Å². The Morgan fingerprint density at radius 1 is 1.00 bits per heavy atom. The number of anilines is 1. The third kappa shape index (κ3) is 4.59. The van der Waals surface area contributed by atoms with Crippen LogP contribution in [0.25, 0.3) is 22.4 Å². The van der Waals surface area contributed by atoms with E-state index in [0.717, 1.165) is 73.7 Å². The molecule has 2 fully saturated rings. The second-order valence-electron chi connectivity index (χ2n) is 9.36. The lowest BCUT2D eigenvalue weighted by Crippen LogP contribution is -2.37. The molecule has 0 unspecified atom stereocenters. The Bertz CT molecular complexity index is 1290. The van der Waals surface area contributed by atoms with Crippen LogP contribution in [0.15, 0.2) is 54.9 Å². The van der Waals surface area contributed by atoms with Crippen LogP contribution in [0.4, 0.5) is 5.82 Å². The molecule has 5 heterocycles. The zero-order valence-corrected chi connectivity index (χ0v) is 19.7. The summed E-state index contributed by atoms with van der Waals surface area (Å²) in [6.07, 6.45) is 6.16. The number of likely N-dealkylation sites (tertiary alicyclic amines) is 1. The summed E-state index contributed by atoms with van der Waals surface area (Å²) in [5, 5.41) is 10.1. The maximum atomic E-state index is 10.1. The van der Waals surface area contributed by atoms with E-state index in [1.165, 1.54) is 5.56 Å². The molecule has 6 rings (SSSR count). The van der Waals surface area contributed by atoms with Crippen LogP contribution in [-0.2, 0) is 11.3 Å². The number of hydrogen-bond acceptors (Lipinski definition) is 7. The third-order valence-electron chi connectivity index (χ3n) is 7.09. The fourth-order valence-electron chi connectivity index (χ4n) is 5.22. The maximum absolute atomic E-state index is 10.1. The summed E-state index contributed by atoms with van der Waals surface area (Å²) in [5.74, 6) is 2.21. The Hall–Kier alpha value is -3.49. The van der Waals surface area contributed by atoms with E-state index in [0.29, 0.717) is 25.0 Å². The summed E-state index contributed by atoms with van der Waals surface area (Å²) in [6, 6.07) is 13.3. The number of benzene rings is 1. The number of phenols is 1. The number of aromatic hydroxyl groups is 1. The average Bonchev–Trinajstić information content (AvgIpc) is 3.34. The van der Waals surface area contributed by atoms with Crippen molar-refractivity contribution in [3.63, 3.8) is 0 Å². The van der Waals surface area contributed by atoms with Crippen molar-refractivity contribution in [2.24, 2.45) is 0 Å². The van der Waals surface area contributed by atoms with Crippen LogP contribution in [0.2, 0.25) is 0 Å². The van der Waals surface area contributed by atoms with Gasteiger partial charge in [0.15, 0.2) is 11.6 Å². The van der Waals surface area contributed by atoms with Crippen LogP contribution < -0.4 is 4.90 Å². The van der Waals surface area contributed by atoms with Crippen molar-refractivity contribution < 1.29 is 9.84 Å². The normalized spacial score (nSPS) is 17.8. The molecule has 180 valence electrons. The fraction of sp³-hybridized carbons (Fsp3) is 0.370. The van der Waals surface area contributed by atoms with E-state index in [1.54, 1.807) is 12.1 Å². The minimum absolute atomic E-state index is 0.216. The first-order valence-corrected chi connectivity index (χ1v) is 12.4. The second-order valence-corrected chi connectivity index (χ2v) is 9.36. The maximum Gasteiger partial charge on any atom is 0.162 e. The Morgan fingerprint density at radius 3 is 2.63 bits per heavy atom. The second kappa shape index (κ2) is 9.64. The number of morpholine rings is 1. The van der Waals surface area contributed by atoms with Crippen molar-refractivity contribution in [2.45, 2.75) is 25.3 Å². The van der Waals surface area contributed by atoms with Gasteiger partial charge in [-0.3, -0.25) is 9.88 Å². The number of piperidine rings is 1. The molecule has 2 N–H and O–H groups in total. The van der Waals surface area contributed by atoms with Crippen LogP contribution in [0.3, 0.4) is 0 Å². The predicted octanol–water partition coefficient (Wildman–Crippen LogP) is 3.94. The molecule has 4 aromatic rings. The number of nitrogens with one attached hydrogen (secondary N) is 1. The van der Waals surface area contributed by atoms with Gasteiger partial charge in [-0.2, -0.15) is 0 Å². The van der Waals surface area contributed by atoms with Gasteiger partial charge in [-0.25, -0.2) is 9.97 Å². The standard InChI is InChI=1S/C27H30N6O2/c34-22-6-3-4-20(16-22)26-30-24-23(17-29-25(24)27(31-26)33-12-14-35-15-13-33)19-7-10-32(11-8-19)18-21-5-1-2-9-28-21/h1-6,9,16-17,19,29,34H,7-8,10-15,18H2. The molecule has 2 aliphatic heterocycles. The van der Waals surface area contributed by atoms with Gasteiger partial charge in [-0.15, -0.1) is 0 Å². The number of aromatic amines is 1. The van der Waals surface area contributed by atoms with Gasteiger partial charge >= 0.3 is 0 Å². The van der Waals surface area contributed by atoms with Crippen LogP contribution in [0.1, 0.15) is 30.0 Å². The van der Waals surface area contributed by atoms with Crippen LogP contribution in [0.5, 0.6) is 5.75 Å². The minimum Gasteiger partial charge on any atom is -0.508 e. The zero-order chi connectivity index (χ0) is 23.6. The first kappa shape index (κ1) is 22.0. The minimum atomic E-state index is 0.216. The molecule has 2 aliphatic rings. The highest BCUT2D eigenvalue weighted by Gasteiger charge is 2.27. The van der Waals surface area contributed by atoms with E-state index in [4.69, 9.17) is 14.7 Å². The van der Waals surface area contributed by atoms with E-state index < -0.39 is 0 Å². The van der Waals surface area contributed by atoms with E-state index in [9.17, 15) is 5.11 Å². The lowest BCUT2D eigenvalue weighted by molar-refractivity contribution is 0.122.